The Morgan fingerprint density at radius 3 is 2.69 bits per heavy atom. The first kappa shape index (κ1) is 18.5. The van der Waals surface area contributed by atoms with Crippen LogP contribution in [0.5, 0.6) is 11.6 Å². The number of hydrogen-bond acceptors (Lipinski definition) is 7. The standard InChI is InChI=1S/C16H16BrFN4O4/c1-9-6-21(7-10(2)25-9)15-14(22(23)24)16(20-8-19-15)26-13-5-11(18)3-4-12(13)17/h3-5,8-10H,6-7H2,1-2H3. The number of nitrogens with zero attached hydrogens (tertiary/aromatic N) is 4. The largest absolute Gasteiger partial charge is 0.432 e. The van der Waals surface area contributed by atoms with Crippen LogP contribution in [0.3, 0.4) is 0 Å². The summed E-state index contributed by atoms with van der Waals surface area (Å²) in [7, 11) is 0. The van der Waals surface area contributed by atoms with Gasteiger partial charge in [-0.15, -0.1) is 0 Å². The third-order valence-electron chi connectivity index (χ3n) is 3.77. The number of anilines is 1. The maximum Gasteiger partial charge on any atom is 0.373 e. The number of aromatic nitrogens is 2. The first-order valence-electron chi connectivity index (χ1n) is 7.88. The average molecular weight is 427 g/mol. The lowest BCUT2D eigenvalue weighted by atomic mass is 10.2. The smallest absolute Gasteiger partial charge is 0.373 e. The monoisotopic (exact) mass is 426 g/mol. The number of nitro groups is 1. The molecule has 1 aromatic carbocycles. The normalized spacial score (nSPS) is 20.1. The van der Waals surface area contributed by atoms with Crippen molar-refractivity contribution in [3.05, 3.63) is 44.9 Å². The molecule has 1 fully saturated rings. The first-order valence-corrected chi connectivity index (χ1v) is 8.67. The molecule has 0 saturated carbocycles. The molecule has 1 aliphatic rings. The Balaban J connectivity index is 2.01. The predicted octanol–water partition coefficient (Wildman–Crippen LogP) is 3.69. The molecular weight excluding hydrogens is 411 g/mol. The Hall–Kier alpha value is -2.33. The Labute approximate surface area is 157 Å². The van der Waals surface area contributed by atoms with Crippen molar-refractivity contribution in [2.75, 3.05) is 18.0 Å². The van der Waals surface area contributed by atoms with Gasteiger partial charge in [0.05, 0.1) is 21.6 Å². The molecule has 8 nitrogen and oxygen atoms in total. The molecule has 0 amide bonds. The van der Waals surface area contributed by atoms with Gasteiger partial charge in [0.2, 0.25) is 5.82 Å². The highest BCUT2D eigenvalue weighted by Gasteiger charge is 2.33. The van der Waals surface area contributed by atoms with E-state index >= 15 is 0 Å². The number of hydrogen-bond donors (Lipinski definition) is 0. The van der Waals surface area contributed by atoms with Gasteiger partial charge < -0.3 is 14.4 Å². The summed E-state index contributed by atoms with van der Waals surface area (Å²) in [5.41, 5.74) is -0.370. The summed E-state index contributed by atoms with van der Waals surface area (Å²) in [5, 5.41) is 11.7. The van der Waals surface area contributed by atoms with Gasteiger partial charge >= 0.3 is 11.6 Å². The Bertz CT molecular complexity index is 828. The van der Waals surface area contributed by atoms with Crippen molar-refractivity contribution in [3.63, 3.8) is 0 Å². The molecule has 10 heteroatoms. The van der Waals surface area contributed by atoms with Crippen LogP contribution in [0.25, 0.3) is 0 Å². The Morgan fingerprint density at radius 2 is 2.04 bits per heavy atom. The lowest BCUT2D eigenvalue weighted by Crippen LogP contribution is -2.46. The minimum Gasteiger partial charge on any atom is -0.432 e. The van der Waals surface area contributed by atoms with E-state index in [1.165, 1.54) is 18.5 Å². The van der Waals surface area contributed by atoms with Gasteiger partial charge in [-0.3, -0.25) is 10.1 Å². The van der Waals surface area contributed by atoms with Gasteiger partial charge in [0.25, 0.3) is 0 Å². The van der Waals surface area contributed by atoms with Gasteiger partial charge in [0.15, 0.2) is 0 Å². The summed E-state index contributed by atoms with van der Waals surface area (Å²) in [6.07, 6.45) is 0.987. The van der Waals surface area contributed by atoms with Crippen molar-refractivity contribution in [2.45, 2.75) is 26.1 Å². The molecule has 0 radical (unpaired) electrons. The molecule has 0 bridgehead atoms. The van der Waals surface area contributed by atoms with E-state index in [0.29, 0.717) is 17.6 Å². The van der Waals surface area contributed by atoms with Crippen molar-refractivity contribution in [1.82, 2.24) is 9.97 Å². The summed E-state index contributed by atoms with van der Waals surface area (Å²) >= 11 is 3.23. The van der Waals surface area contributed by atoms with E-state index in [1.54, 1.807) is 4.90 Å². The van der Waals surface area contributed by atoms with Crippen LogP contribution in [0.4, 0.5) is 15.9 Å². The number of rotatable bonds is 4. The van der Waals surface area contributed by atoms with Crippen molar-refractivity contribution >= 4 is 27.4 Å². The Morgan fingerprint density at radius 1 is 1.35 bits per heavy atom. The lowest BCUT2D eigenvalue weighted by Gasteiger charge is -2.35. The fourth-order valence-corrected chi connectivity index (χ4v) is 3.16. The van der Waals surface area contributed by atoms with E-state index in [1.807, 2.05) is 13.8 Å². The quantitative estimate of drug-likeness (QED) is 0.543. The van der Waals surface area contributed by atoms with Crippen molar-refractivity contribution in [1.29, 1.82) is 0 Å². The molecule has 0 spiro atoms. The predicted molar refractivity (Wildman–Crippen MR) is 95.1 cm³/mol. The topological polar surface area (TPSA) is 90.6 Å². The summed E-state index contributed by atoms with van der Waals surface area (Å²) in [5.74, 6) is -0.551. The molecule has 1 aromatic heterocycles. The van der Waals surface area contributed by atoms with Gasteiger partial charge in [-0.05, 0) is 41.9 Å². The second-order valence-corrected chi connectivity index (χ2v) is 6.80. The van der Waals surface area contributed by atoms with Gasteiger partial charge in [-0.1, -0.05) is 0 Å². The van der Waals surface area contributed by atoms with Gasteiger partial charge in [0, 0.05) is 19.2 Å². The van der Waals surface area contributed by atoms with Gasteiger partial charge in [-0.2, -0.15) is 4.98 Å². The molecule has 2 aromatic rings. The molecule has 1 aliphatic heterocycles. The van der Waals surface area contributed by atoms with Crippen LogP contribution < -0.4 is 9.64 Å². The highest BCUT2D eigenvalue weighted by Crippen LogP contribution is 2.39. The first-order chi connectivity index (χ1) is 12.3. The second kappa shape index (κ2) is 7.50. The summed E-state index contributed by atoms with van der Waals surface area (Å²) in [6.45, 7) is 4.67. The van der Waals surface area contributed by atoms with E-state index in [9.17, 15) is 14.5 Å². The highest BCUT2D eigenvalue weighted by molar-refractivity contribution is 9.10. The van der Waals surface area contributed by atoms with Crippen LogP contribution in [-0.4, -0.2) is 40.2 Å². The highest BCUT2D eigenvalue weighted by atomic mass is 79.9. The van der Waals surface area contributed by atoms with E-state index in [-0.39, 0.29) is 35.3 Å². The molecule has 2 atom stereocenters. The maximum absolute atomic E-state index is 13.5. The van der Waals surface area contributed by atoms with E-state index < -0.39 is 10.7 Å². The number of ether oxygens (including phenoxy) is 2. The fourth-order valence-electron chi connectivity index (χ4n) is 2.83. The van der Waals surface area contributed by atoms with Crippen LogP contribution >= 0.6 is 15.9 Å². The number of morpholine rings is 1. The number of halogens is 2. The molecular formula is C16H16BrFN4O4. The van der Waals surface area contributed by atoms with Crippen molar-refractivity contribution < 1.29 is 18.8 Å². The zero-order chi connectivity index (χ0) is 18.8. The molecule has 0 N–H and O–H groups in total. The summed E-state index contributed by atoms with van der Waals surface area (Å²) in [6, 6.07) is 3.81. The zero-order valence-electron chi connectivity index (χ0n) is 14.1. The molecule has 0 aliphatic carbocycles. The van der Waals surface area contributed by atoms with Crippen LogP contribution in [0, 0.1) is 15.9 Å². The van der Waals surface area contributed by atoms with Crippen LogP contribution in [-0.2, 0) is 4.74 Å². The van der Waals surface area contributed by atoms with Crippen molar-refractivity contribution in [2.24, 2.45) is 0 Å². The third kappa shape index (κ3) is 3.91. The molecule has 1 saturated heterocycles. The van der Waals surface area contributed by atoms with E-state index in [0.717, 1.165) is 6.07 Å². The van der Waals surface area contributed by atoms with E-state index in [4.69, 9.17) is 9.47 Å². The van der Waals surface area contributed by atoms with Crippen LogP contribution in [0.15, 0.2) is 29.0 Å². The molecule has 3 rings (SSSR count). The number of benzene rings is 1. The van der Waals surface area contributed by atoms with Gasteiger partial charge in [0.1, 0.15) is 17.9 Å². The SMILES string of the molecule is CC1CN(c2ncnc(Oc3cc(F)ccc3Br)c2[N+](=O)[O-])CC(C)O1. The minimum absolute atomic E-state index is 0.0847. The lowest BCUT2D eigenvalue weighted by molar-refractivity contribution is -0.385. The Kier molecular flexibility index (Phi) is 5.33. The molecule has 138 valence electrons. The summed E-state index contributed by atoms with van der Waals surface area (Å²) < 4.78 is 25.1. The fraction of sp³-hybridized carbons (Fsp3) is 0.375. The maximum atomic E-state index is 13.5. The average Bonchev–Trinajstić information content (AvgIpc) is 2.57. The minimum atomic E-state index is -0.595. The van der Waals surface area contributed by atoms with Crippen LogP contribution in [0.2, 0.25) is 0 Å². The van der Waals surface area contributed by atoms with E-state index in [2.05, 4.69) is 25.9 Å². The van der Waals surface area contributed by atoms with Crippen molar-refractivity contribution in [3.8, 4) is 11.6 Å². The van der Waals surface area contributed by atoms with Crippen LogP contribution in [0.1, 0.15) is 13.8 Å². The molecule has 2 unspecified atom stereocenters. The molecule has 2 heterocycles. The third-order valence-corrected chi connectivity index (χ3v) is 4.43. The zero-order valence-corrected chi connectivity index (χ0v) is 15.6. The van der Waals surface area contributed by atoms with Gasteiger partial charge in [-0.25, -0.2) is 9.37 Å². The summed E-state index contributed by atoms with van der Waals surface area (Å²) in [4.78, 5) is 20.8. The molecule has 26 heavy (non-hydrogen) atoms. The second-order valence-electron chi connectivity index (χ2n) is 5.95.